The number of aryl methyl sites for hydroxylation is 1. The fraction of sp³-hybridized carbons (Fsp3) is 0.350. The SMILES string of the molecule is Cc1ccc(C(CNC(=O)c2ccc3c(c2)C(=O)NC3=O)N2CCCC2)o1. The molecule has 3 amide bonds. The van der Waals surface area contributed by atoms with Crippen LogP contribution in [0.1, 0.15) is 61.5 Å². The van der Waals surface area contributed by atoms with Crippen molar-refractivity contribution in [3.05, 3.63) is 58.5 Å². The van der Waals surface area contributed by atoms with Crippen LogP contribution in [0.5, 0.6) is 0 Å². The fourth-order valence-electron chi connectivity index (χ4n) is 3.70. The van der Waals surface area contributed by atoms with E-state index in [1.807, 2.05) is 19.1 Å². The van der Waals surface area contributed by atoms with Crippen molar-refractivity contribution in [1.29, 1.82) is 0 Å². The van der Waals surface area contributed by atoms with Gasteiger partial charge in [-0.3, -0.25) is 24.6 Å². The van der Waals surface area contributed by atoms with Gasteiger partial charge in [0.05, 0.1) is 17.2 Å². The van der Waals surface area contributed by atoms with Crippen LogP contribution in [0.2, 0.25) is 0 Å². The molecule has 0 bridgehead atoms. The molecule has 7 nitrogen and oxygen atoms in total. The summed E-state index contributed by atoms with van der Waals surface area (Å²) in [4.78, 5) is 38.3. The van der Waals surface area contributed by atoms with Crippen molar-refractivity contribution in [1.82, 2.24) is 15.5 Å². The number of hydrogen-bond donors (Lipinski definition) is 2. The molecule has 0 saturated carbocycles. The summed E-state index contributed by atoms with van der Waals surface area (Å²) < 4.78 is 5.80. The molecule has 2 aromatic rings. The molecule has 0 spiro atoms. The molecule has 1 unspecified atom stereocenters. The Morgan fingerprint density at radius 3 is 2.59 bits per heavy atom. The van der Waals surface area contributed by atoms with Gasteiger partial charge in [-0.1, -0.05) is 0 Å². The maximum Gasteiger partial charge on any atom is 0.258 e. The van der Waals surface area contributed by atoms with Crippen molar-refractivity contribution < 1.29 is 18.8 Å². The number of fused-ring (bicyclic) bond motifs is 1. The predicted molar refractivity (Wildman–Crippen MR) is 97.6 cm³/mol. The van der Waals surface area contributed by atoms with Crippen LogP contribution in [-0.4, -0.2) is 42.3 Å². The van der Waals surface area contributed by atoms with Crippen LogP contribution >= 0.6 is 0 Å². The van der Waals surface area contributed by atoms with E-state index in [9.17, 15) is 14.4 Å². The highest BCUT2D eigenvalue weighted by Crippen LogP contribution is 2.26. The van der Waals surface area contributed by atoms with E-state index in [2.05, 4.69) is 15.5 Å². The number of hydrogen-bond acceptors (Lipinski definition) is 5. The molecule has 2 aliphatic heterocycles. The van der Waals surface area contributed by atoms with Crippen LogP contribution in [0.15, 0.2) is 34.7 Å². The Bertz CT molecular complexity index is 912. The number of likely N-dealkylation sites (tertiary alicyclic amines) is 1. The molecule has 27 heavy (non-hydrogen) atoms. The first-order valence-electron chi connectivity index (χ1n) is 9.11. The van der Waals surface area contributed by atoms with Gasteiger partial charge in [0.25, 0.3) is 17.7 Å². The maximum absolute atomic E-state index is 12.6. The van der Waals surface area contributed by atoms with Crippen LogP contribution in [-0.2, 0) is 0 Å². The third-order valence-electron chi connectivity index (χ3n) is 5.13. The first-order valence-corrected chi connectivity index (χ1v) is 9.11. The van der Waals surface area contributed by atoms with Crippen LogP contribution in [0.3, 0.4) is 0 Å². The van der Waals surface area contributed by atoms with E-state index in [1.54, 1.807) is 6.07 Å². The van der Waals surface area contributed by atoms with Crippen molar-refractivity contribution in [2.24, 2.45) is 0 Å². The van der Waals surface area contributed by atoms with Gasteiger partial charge in [-0.15, -0.1) is 0 Å². The molecule has 1 aromatic carbocycles. The summed E-state index contributed by atoms with van der Waals surface area (Å²) in [5.41, 5.74) is 0.900. The second-order valence-corrected chi connectivity index (χ2v) is 6.96. The minimum Gasteiger partial charge on any atom is -0.465 e. The average Bonchev–Trinajstić information content (AvgIpc) is 3.38. The van der Waals surface area contributed by atoms with Gasteiger partial charge in [0.2, 0.25) is 0 Å². The maximum atomic E-state index is 12.6. The van der Waals surface area contributed by atoms with Gasteiger partial charge in [-0.25, -0.2) is 0 Å². The largest absolute Gasteiger partial charge is 0.465 e. The zero-order valence-corrected chi connectivity index (χ0v) is 15.1. The summed E-state index contributed by atoms with van der Waals surface area (Å²) >= 11 is 0. The Balaban J connectivity index is 1.49. The summed E-state index contributed by atoms with van der Waals surface area (Å²) in [6, 6.07) is 8.40. The average molecular weight is 367 g/mol. The van der Waals surface area contributed by atoms with Crippen molar-refractivity contribution in [3.63, 3.8) is 0 Å². The minimum absolute atomic E-state index is 0.0237. The lowest BCUT2D eigenvalue weighted by molar-refractivity contribution is 0.0878. The molecule has 140 valence electrons. The molecule has 4 rings (SSSR count). The summed E-state index contributed by atoms with van der Waals surface area (Å²) in [5, 5.41) is 5.17. The molecule has 1 fully saturated rings. The Morgan fingerprint density at radius 1 is 1.15 bits per heavy atom. The van der Waals surface area contributed by atoms with Gasteiger partial charge >= 0.3 is 0 Å². The quantitative estimate of drug-likeness (QED) is 0.789. The molecule has 2 aliphatic rings. The first-order chi connectivity index (χ1) is 13.0. The van der Waals surface area contributed by atoms with E-state index >= 15 is 0 Å². The number of carbonyl (C=O) groups excluding carboxylic acids is 3. The number of carbonyl (C=O) groups is 3. The van der Waals surface area contributed by atoms with Gasteiger partial charge in [0.1, 0.15) is 11.5 Å². The number of nitrogens with one attached hydrogen (secondary N) is 2. The molecule has 2 N–H and O–H groups in total. The third kappa shape index (κ3) is 3.38. The second-order valence-electron chi connectivity index (χ2n) is 6.96. The van der Waals surface area contributed by atoms with Gasteiger partial charge in [0, 0.05) is 12.1 Å². The van der Waals surface area contributed by atoms with Crippen molar-refractivity contribution >= 4 is 17.7 Å². The smallest absolute Gasteiger partial charge is 0.258 e. The first kappa shape index (κ1) is 17.5. The molecular formula is C20H21N3O4. The third-order valence-corrected chi connectivity index (χ3v) is 5.13. The van der Waals surface area contributed by atoms with Crippen LogP contribution in [0, 0.1) is 6.92 Å². The van der Waals surface area contributed by atoms with Crippen molar-refractivity contribution in [2.75, 3.05) is 19.6 Å². The van der Waals surface area contributed by atoms with Gasteiger partial charge in [0.15, 0.2) is 0 Å². The molecule has 3 heterocycles. The number of benzene rings is 1. The van der Waals surface area contributed by atoms with E-state index in [4.69, 9.17) is 4.42 Å². The summed E-state index contributed by atoms with van der Waals surface area (Å²) in [6.07, 6.45) is 2.27. The lowest BCUT2D eigenvalue weighted by Gasteiger charge is -2.26. The molecule has 1 aromatic heterocycles. The number of furan rings is 1. The van der Waals surface area contributed by atoms with Crippen molar-refractivity contribution in [3.8, 4) is 0 Å². The monoisotopic (exact) mass is 367 g/mol. The number of nitrogens with zero attached hydrogens (tertiary/aromatic N) is 1. The lowest BCUT2D eigenvalue weighted by atomic mass is 10.1. The van der Waals surface area contributed by atoms with E-state index in [0.717, 1.165) is 37.5 Å². The van der Waals surface area contributed by atoms with Gasteiger partial charge in [-0.2, -0.15) is 0 Å². The van der Waals surface area contributed by atoms with Crippen LogP contribution < -0.4 is 10.6 Å². The summed E-state index contributed by atoms with van der Waals surface area (Å²) in [5.74, 6) is 0.510. The van der Waals surface area contributed by atoms with E-state index < -0.39 is 11.8 Å². The topological polar surface area (TPSA) is 91.7 Å². The van der Waals surface area contributed by atoms with E-state index in [-0.39, 0.29) is 17.5 Å². The van der Waals surface area contributed by atoms with E-state index in [1.165, 1.54) is 12.1 Å². The zero-order valence-electron chi connectivity index (χ0n) is 15.1. The standard InChI is InChI=1S/C20H21N3O4/c1-12-4-7-17(27-12)16(23-8-2-3-9-23)11-21-18(24)13-5-6-14-15(10-13)20(26)22-19(14)25/h4-7,10,16H,2-3,8-9,11H2,1H3,(H,21,24)(H,22,25,26). The normalized spacial score (nSPS) is 17.7. The summed E-state index contributed by atoms with van der Waals surface area (Å²) in [6.45, 7) is 4.26. The highest BCUT2D eigenvalue weighted by Gasteiger charge is 2.29. The Morgan fingerprint density at radius 2 is 1.89 bits per heavy atom. The number of rotatable bonds is 5. The van der Waals surface area contributed by atoms with Crippen molar-refractivity contribution in [2.45, 2.75) is 25.8 Å². The number of imide groups is 1. The molecule has 0 radical (unpaired) electrons. The molecule has 7 heteroatoms. The second kappa shape index (κ2) is 7.00. The van der Waals surface area contributed by atoms with E-state index in [0.29, 0.717) is 17.7 Å². The summed E-state index contributed by atoms with van der Waals surface area (Å²) in [7, 11) is 0. The fourth-order valence-corrected chi connectivity index (χ4v) is 3.70. The molecular weight excluding hydrogens is 346 g/mol. The molecule has 1 atom stereocenters. The van der Waals surface area contributed by atoms with Gasteiger partial charge in [-0.05, 0) is 63.2 Å². The molecule has 1 saturated heterocycles. The number of amides is 3. The zero-order chi connectivity index (χ0) is 19.0. The Kier molecular flexibility index (Phi) is 4.53. The Hall–Kier alpha value is -2.93. The van der Waals surface area contributed by atoms with Crippen LogP contribution in [0.25, 0.3) is 0 Å². The van der Waals surface area contributed by atoms with Crippen LogP contribution in [0.4, 0.5) is 0 Å². The Labute approximate surface area is 156 Å². The minimum atomic E-state index is -0.467. The lowest BCUT2D eigenvalue weighted by Crippen LogP contribution is -2.36. The van der Waals surface area contributed by atoms with Gasteiger partial charge < -0.3 is 9.73 Å². The highest BCUT2D eigenvalue weighted by atomic mass is 16.3. The predicted octanol–water partition coefficient (Wildman–Crippen LogP) is 2.04. The highest BCUT2D eigenvalue weighted by molar-refractivity contribution is 6.22. The molecule has 0 aliphatic carbocycles.